The number of ether oxygens (including phenoxy) is 1. The molecule has 1 aliphatic rings. The van der Waals surface area contributed by atoms with Crippen LogP contribution in [0.1, 0.15) is 12.1 Å². The van der Waals surface area contributed by atoms with Crippen molar-refractivity contribution in [3.8, 4) is 17.0 Å². The summed E-state index contributed by atoms with van der Waals surface area (Å²) in [5, 5.41) is 4.14. The number of hydrogen-bond acceptors (Lipinski definition) is 7. The van der Waals surface area contributed by atoms with E-state index in [1.54, 1.807) is 17.9 Å². The Labute approximate surface area is 221 Å². The molecule has 4 aromatic rings. The molecule has 1 aliphatic heterocycles. The van der Waals surface area contributed by atoms with E-state index in [4.69, 9.17) is 15.5 Å². The lowest BCUT2D eigenvalue weighted by Gasteiger charge is -2.25. The number of benzene rings is 2. The average Bonchev–Trinajstić information content (AvgIpc) is 3.20. The Kier molecular flexibility index (Phi) is 6.83. The van der Waals surface area contributed by atoms with Crippen molar-refractivity contribution in [3.05, 3.63) is 54.4 Å². The molecule has 0 aliphatic carbocycles. The van der Waals surface area contributed by atoms with Crippen molar-refractivity contribution < 1.29 is 13.5 Å². The van der Waals surface area contributed by atoms with Crippen LogP contribution in [0.2, 0.25) is 0 Å². The Bertz CT molecular complexity index is 1470. The second-order valence-electron chi connectivity index (χ2n) is 10.0. The normalized spacial score (nSPS) is 14.5. The van der Waals surface area contributed by atoms with Crippen LogP contribution in [-0.4, -0.2) is 66.7 Å². The number of nitrogens with zero attached hydrogens (tertiary/aromatic N) is 5. The highest BCUT2D eigenvalue weighted by Crippen LogP contribution is 2.41. The van der Waals surface area contributed by atoms with Crippen molar-refractivity contribution in [2.75, 3.05) is 57.3 Å². The summed E-state index contributed by atoms with van der Waals surface area (Å²) in [7, 11) is 7.65. The minimum absolute atomic E-state index is 0.182. The zero-order valence-electron chi connectivity index (χ0n) is 22.1. The van der Waals surface area contributed by atoms with E-state index in [1.165, 1.54) is 0 Å². The van der Waals surface area contributed by atoms with Gasteiger partial charge >= 0.3 is 0 Å². The van der Waals surface area contributed by atoms with Crippen molar-refractivity contribution in [3.63, 3.8) is 0 Å². The van der Waals surface area contributed by atoms with Crippen LogP contribution in [0.3, 0.4) is 0 Å². The Balaban J connectivity index is 1.49. The third-order valence-electron chi connectivity index (χ3n) is 7.00. The molecule has 0 saturated carbocycles. The van der Waals surface area contributed by atoms with Crippen LogP contribution in [0.25, 0.3) is 22.2 Å². The molecular weight excluding hydrogens is 488 g/mol. The topological polar surface area (TPSA) is 84.5 Å². The van der Waals surface area contributed by atoms with Crippen molar-refractivity contribution in [2.45, 2.75) is 25.3 Å². The van der Waals surface area contributed by atoms with Gasteiger partial charge in [0.05, 0.1) is 36.4 Å². The van der Waals surface area contributed by atoms with Gasteiger partial charge in [0.15, 0.2) is 0 Å². The number of alkyl halides is 2. The maximum absolute atomic E-state index is 14.3. The summed E-state index contributed by atoms with van der Waals surface area (Å²) in [6, 6.07) is 13.2. The fourth-order valence-electron chi connectivity index (χ4n) is 5.03. The maximum Gasteiger partial charge on any atom is 0.266 e. The van der Waals surface area contributed by atoms with Gasteiger partial charge in [0.1, 0.15) is 5.75 Å². The van der Waals surface area contributed by atoms with Crippen molar-refractivity contribution in [1.82, 2.24) is 19.4 Å². The highest BCUT2D eigenvalue weighted by molar-refractivity contribution is 5.97. The van der Waals surface area contributed by atoms with E-state index in [-0.39, 0.29) is 19.4 Å². The maximum atomic E-state index is 14.3. The van der Waals surface area contributed by atoms with Crippen LogP contribution in [-0.2, 0) is 13.0 Å². The molecule has 0 unspecified atom stereocenters. The molecule has 5 rings (SSSR count). The summed E-state index contributed by atoms with van der Waals surface area (Å²) in [5.41, 5.74) is 11.7. The van der Waals surface area contributed by atoms with Gasteiger partial charge < -0.3 is 30.2 Å². The number of likely N-dealkylation sites (N-methyl/N-ethyl adjacent to an activating group) is 2. The number of para-hydroxylation sites is 1. The third kappa shape index (κ3) is 4.96. The average molecular weight is 522 g/mol. The summed E-state index contributed by atoms with van der Waals surface area (Å²) in [6.45, 7) is 1.36. The minimum atomic E-state index is -2.73. The van der Waals surface area contributed by atoms with E-state index in [0.717, 1.165) is 40.9 Å². The van der Waals surface area contributed by atoms with Gasteiger partial charge in [-0.2, -0.15) is 0 Å². The molecule has 2 aromatic heterocycles. The van der Waals surface area contributed by atoms with Crippen molar-refractivity contribution >= 4 is 33.9 Å². The fraction of sp³-hybridized carbons (Fsp3) is 0.357. The second-order valence-corrected chi connectivity index (χ2v) is 10.0. The zero-order chi connectivity index (χ0) is 27.0. The van der Waals surface area contributed by atoms with Crippen LogP contribution in [0, 0.1) is 0 Å². The fourth-order valence-corrected chi connectivity index (χ4v) is 5.03. The van der Waals surface area contributed by atoms with Crippen LogP contribution in [0.5, 0.6) is 5.75 Å². The summed E-state index contributed by atoms with van der Waals surface area (Å²) < 4.78 is 36.0. The highest BCUT2D eigenvalue weighted by atomic mass is 19.3. The molecule has 0 fully saturated rings. The molecule has 0 spiro atoms. The summed E-state index contributed by atoms with van der Waals surface area (Å²) in [4.78, 5) is 13.4. The van der Waals surface area contributed by atoms with E-state index in [9.17, 15) is 8.78 Å². The molecule has 38 heavy (non-hydrogen) atoms. The Hall–Kier alpha value is -3.92. The molecule has 200 valence electrons. The first kappa shape index (κ1) is 25.7. The number of methoxy groups -OCH3 is 1. The van der Waals surface area contributed by atoms with Gasteiger partial charge in [-0.15, -0.1) is 0 Å². The number of hydrogen-bond donors (Lipinski definition) is 2. The number of aromatic nitrogens is 3. The number of fused-ring (bicyclic) bond motifs is 3. The predicted molar refractivity (Wildman–Crippen MR) is 149 cm³/mol. The highest BCUT2D eigenvalue weighted by Gasteiger charge is 2.37. The molecule has 10 heteroatoms. The summed E-state index contributed by atoms with van der Waals surface area (Å²) >= 11 is 0. The lowest BCUT2D eigenvalue weighted by molar-refractivity contribution is -0.0328. The molecule has 3 heterocycles. The second kappa shape index (κ2) is 10.1. The SMILES string of the molecule is COc1cc(N(C)CCN(C)C)c(N)cc1Nc1nccc(-c2c3n(c4ccccc24)CC(F)(F)CC3)n1. The molecule has 0 bridgehead atoms. The molecule has 0 amide bonds. The zero-order valence-corrected chi connectivity index (χ0v) is 22.1. The van der Waals surface area contributed by atoms with Crippen LogP contribution < -0.4 is 20.7 Å². The van der Waals surface area contributed by atoms with E-state index in [1.807, 2.05) is 63.6 Å². The first-order valence-electron chi connectivity index (χ1n) is 12.6. The molecule has 2 aromatic carbocycles. The smallest absolute Gasteiger partial charge is 0.266 e. The van der Waals surface area contributed by atoms with Crippen LogP contribution >= 0.6 is 0 Å². The number of rotatable bonds is 8. The first-order valence-corrected chi connectivity index (χ1v) is 12.6. The summed E-state index contributed by atoms with van der Waals surface area (Å²) in [6.07, 6.45) is 1.76. The van der Waals surface area contributed by atoms with E-state index in [2.05, 4.69) is 20.1 Å². The van der Waals surface area contributed by atoms with E-state index < -0.39 is 5.92 Å². The Morgan fingerprint density at radius 1 is 1.13 bits per heavy atom. The van der Waals surface area contributed by atoms with Crippen LogP contribution in [0.4, 0.5) is 31.8 Å². The van der Waals surface area contributed by atoms with Gasteiger partial charge in [-0.25, -0.2) is 18.7 Å². The number of halogens is 2. The molecular formula is C28H33F2N7O. The van der Waals surface area contributed by atoms with Crippen molar-refractivity contribution in [1.29, 1.82) is 0 Å². The van der Waals surface area contributed by atoms with Gasteiger partial charge in [0, 0.05) is 61.0 Å². The van der Waals surface area contributed by atoms with Gasteiger partial charge in [0.25, 0.3) is 5.92 Å². The summed E-state index contributed by atoms with van der Waals surface area (Å²) in [5.74, 6) is -1.76. The Morgan fingerprint density at radius 3 is 2.68 bits per heavy atom. The molecule has 0 saturated heterocycles. The molecule has 0 radical (unpaired) electrons. The van der Waals surface area contributed by atoms with Gasteiger partial charge in [-0.1, -0.05) is 18.2 Å². The lowest BCUT2D eigenvalue weighted by Crippen LogP contribution is -2.30. The molecule has 8 nitrogen and oxygen atoms in total. The largest absolute Gasteiger partial charge is 0.494 e. The quantitative estimate of drug-likeness (QED) is 0.315. The van der Waals surface area contributed by atoms with Crippen LogP contribution in [0.15, 0.2) is 48.7 Å². The van der Waals surface area contributed by atoms with Gasteiger partial charge in [-0.3, -0.25) is 0 Å². The number of anilines is 4. The van der Waals surface area contributed by atoms with Gasteiger partial charge in [0.2, 0.25) is 5.95 Å². The molecule has 0 atom stereocenters. The van der Waals surface area contributed by atoms with Crippen molar-refractivity contribution in [2.24, 2.45) is 0 Å². The number of nitrogens with two attached hydrogens (primary N) is 1. The Morgan fingerprint density at radius 2 is 1.92 bits per heavy atom. The predicted octanol–water partition coefficient (Wildman–Crippen LogP) is 5.01. The molecule has 3 N–H and O–H groups in total. The van der Waals surface area contributed by atoms with E-state index in [0.29, 0.717) is 28.8 Å². The number of nitrogens with one attached hydrogen (secondary N) is 1. The standard InChI is InChI=1S/C28H33F2N7O/c1-35(2)13-14-36(3)24-16-25(38-4)21(15-19(24)31)34-27-32-12-10-20(33-27)26-18-7-5-6-8-22(18)37-17-28(29,30)11-9-23(26)37/h5-8,10,12,15-16H,9,11,13-14,17,31H2,1-4H3,(H,32,33,34). The first-order chi connectivity index (χ1) is 18.2. The minimum Gasteiger partial charge on any atom is -0.494 e. The van der Waals surface area contributed by atoms with E-state index >= 15 is 0 Å². The lowest BCUT2D eigenvalue weighted by atomic mass is 10.0. The monoisotopic (exact) mass is 521 g/mol. The third-order valence-corrected chi connectivity index (χ3v) is 7.00. The number of nitrogen functional groups attached to an aromatic ring is 1. The van der Waals surface area contributed by atoms with Gasteiger partial charge in [-0.05, 0) is 38.7 Å².